The number of nitrogens with one attached hydrogen (secondary N) is 2. The Kier molecular flexibility index (Phi) is 14.4. The second-order valence-electron chi connectivity index (χ2n) is 5.75. The Morgan fingerprint density at radius 3 is 2.75 bits per heavy atom. The number of guanidine groups is 1. The molecule has 0 spiro atoms. The molecular formula is C17H30ClIN4O. The Bertz CT molecular complexity index is 454. The molecule has 1 rings (SSSR count). The van der Waals surface area contributed by atoms with Gasteiger partial charge >= 0.3 is 0 Å². The lowest BCUT2D eigenvalue weighted by atomic mass is 10.2. The first-order valence-corrected chi connectivity index (χ1v) is 8.70. The third-order valence-corrected chi connectivity index (χ3v) is 3.23. The van der Waals surface area contributed by atoms with Crippen LogP contribution in [0, 0.1) is 5.92 Å². The van der Waals surface area contributed by atoms with E-state index in [0.717, 1.165) is 57.2 Å². The van der Waals surface area contributed by atoms with Gasteiger partial charge in [0.15, 0.2) is 5.96 Å². The van der Waals surface area contributed by atoms with Crippen LogP contribution in [0.2, 0.25) is 5.15 Å². The summed E-state index contributed by atoms with van der Waals surface area (Å²) < 4.78 is 5.56. The maximum absolute atomic E-state index is 5.78. The number of nitrogens with zero attached hydrogens (tertiary/aromatic N) is 2. The summed E-state index contributed by atoms with van der Waals surface area (Å²) in [7, 11) is 0. The molecule has 1 aromatic rings. The predicted molar refractivity (Wildman–Crippen MR) is 113 cm³/mol. The number of rotatable bonds is 10. The average Bonchev–Trinajstić information content (AvgIpc) is 2.52. The molecule has 0 bridgehead atoms. The van der Waals surface area contributed by atoms with Crippen molar-refractivity contribution in [1.29, 1.82) is 0 Å². The second kappa shape index (κ2) is 14.7. The summed E-state index contributed by atoms with van der Waals surface area (Å²) in [6.45, 7) is 10.4. The number of hydrogen-bond acceptors (Lipinski definition) is 3. The molecule has 0 aliphatic rings. The summed E-state index contributed by atoms with van der Waals surface area (Å²) in [5, 5.41) is 7.10. The molecule has 0 unspecified atom stereocenters. The van der Waals surface area contributed by atoms with Gasteiger partial charge in [-0.2, -0.15) is 0 Å². The molecule has 138 valence electrons. The molecule has 0 amide bonds. The van der Waals surface area contributed by atoms with E-state index in [0.29, 0.717) is 11.1 Å². The van der Waals surface area contributed by atoms with Crippen LogP contribution < -0.4 is 10.6 Å². The van der Waals surface area contributed by atoms with Crippen molar-refractivity contribution in [3.05, 3.63) is 29.0 Å². The van der Waals surface area contributed by atoms with Crippen LogP contribution in [-0.2, 0) is 11.2 Å². The van der Waals surface area contributed by atoms with Crippen LogP contribution in [0.15, 0.2) is 23.3 Å². The summed E-state index contributed by atoms with van der Waals surface area (Å²) in [6, 6.07) is 3.81. The van der Waals surface area contributed by atoms with Gasteiger partial charge < -0.3 is 15.4 Å². The smallest absolute Gasteiger partial charge is 0.191 e. The molecule has 0 saturated carbocycles. The van der Waals surface area contributed by atoms with Crippen molar-refractivity contribution in [2.75, 3.05) is 32.8 Å². The third kappa shape index (κ3) is 11.9. The van der Waals surface area contributed by atoms with E-state index in [2.05, 4.69) is 41.4 Å². The molecule has 2 N–H and O–H groups in total. The maximum atomic E-state index is 5.78. The van der Waals surface area contributed by atoms with Crippen molar-refractivity contribution < 1.29 is 4.74 Å². The van der Waals surface area contributed by atoms with Crippen molar-refractivity contribution in [1.82, 2.24) is 15.6 Å². The maximum Gasteiger partial charge on any atom is 0.191 e. The number of aromatic nitrogens is 1. The first-order chi connectivity index (χ1) is 11.1. The van der Waals surface area contributed by atoms with E-state index in [-0.39, 0.29) is 24.0 Å². The molecular weight excluding hydrogens is 439 g/mol. The van der Waals surface area contributed by atoms with E-state index in [4.69, 9.17) is 16.3 Å². The lowest BCUT2D eigenvalue weighted by Crippen LogP contribution is -2.38. The molecule has 0 fully saturated rings. The molecule has 0 aromatic carbocycles. The minimum atomic E-state index is 0. The third-order valence-electron chi connectivity index (χ3n) is 3.01. The summed E-state index contributed by atoms with van der Waals surface area (Å²) in [4.78, 5) is 8.63. The second-order valence-corrected chi connectivity index (χ2v) is 6.14. The standard InChI is InChI=1S/C17H29ClN4O.HI/c1-4-19-17(20-9-5-11-23-13-14(2)3)21-10-8-15-6-7-16(18)22-12-15;/h6-7,12,14H,4-5,8-11,13H2,1-3H3,(H2,19,20,21);1H. The molecule has 0 saturated heterocycles. The fourth-order valence-electron chi connectivity index (χ4n) is 1.90. The normalized spacial score (nSPS) is 11.3. The molecule has 1 heterocycles. The summed E-state index contributed by atoms with van der Waals surface area (Å²) in [5.74, 6) is 1.43. The highest BCUT2D eigenvalue weighted by molar-refractivity contribution is 14.0. The Hall–Kier alpha value is -0.600. The monoisotopic (exact) mass is 468 g/mol. The zero-order valence-electron chi connectivity index (χ0n) is 14.8. The quantitative estimate of drug-likeness (QED) is 0.181. The Morgan fingerprint density at radius 2 is 2.12 bits per heavy atom. The van der Waals surface area contributed by atoms with Crippen molar-refractivity contribution >= 4 is 41.5 Å². The van der Waals surface area contributed by atoms with E-state index in [9.17, 15) is 0 Å². The van der Waals surface area contributed by atoms with E-state index >= 15 is 0 Å². The number of aliphatic imine (C=N–C) groups is 1. The molecule has 5 nitrogen and oxygen atoms in total. The molecule has 7 heteroatoms. The van der Waals surface area contributed by atoms with Gasteiger partial charge in [-0.3, -0.25) is 4.99 Å². The van der Waals surface area contributed by atoms with Crippen LogP contribution in [0.4, 0.5) is 0 Å². The summed E-state index contributed by atoms with van der Waals surface area (Å²) >= 11 is 5.78. The van der Waals surface area contributed by atoms with Gasteiger partial charge in [-0.25, -0.2) is 4.98 Å². The predicted octanol–water partition coefficient (Wildman–Crippen LogP) is 3.51. The highest BCUT2D eigenvalue weighted by Gasteiger charge is 1.99. The van der Waals surface area contributed by atoms with Gasteiger partial charge in [-0.1, -0.05) is 31.5 Å². The fraction of sp³-hybridized carbons (Fsp3) is 0.647. The van der Waals surface area contributed by atoms with Crippen LogP contribution in [0.1, 0.15) is 32.8 Å². The van der Waals surface area contributed by atoms with Crippen LogP contribution in [0.25, 0.3) is 0 Å². The Balaban J connectivity index is 0.00000529. The van der Waals surface area contributed by atoms with Gasteiger partial charge in [0.1, 0.15) is 5.15 Å². The first kappa shape index (κ1) is 23.4. The molecule has 0 radical (unpaired) electrons. The minimum Gasteiger partial charge on any atom is -0.381 e. The van der Waals surface area contributed by atoms with E-state index in [1.54, 1.807) is 6.20 Å². The van der Waals surface area contributed by atoms with Crippen LogP contribution in [-0.4, -0.2) is 43.8 Å². The minimum absolute atomic E-state index is 0. The van der Waals surface area contributed by atoms with Gasteiger partial charge in [0.2, 0.25) is 0 Å². The van der Waals surface area contributed by atoms with Crippen molar-refractivity contribution in [3.63, 3.8) is 0 Å². The lowest BCUT2D eigenvalue weighted by molar-refractivity contribution is 0.109. The zero-order valence-corrected chi connectivity index (χ0v) is 17.9. The number of ether oxygens (including phenoxy) is 1. The molecule has 0 aliphatic heterocycles. The van der Waals surface area contributed by atoms with Crippen LogP contribution in [0.5, 0.6) is 0 Å². The molecule has 24 heavy (non-hydrogen) atoms. The Labute approximate surface area is 168 Å². The lowest BCUT2D eigenvalue weighted by Gasteiger charge is -2.11. The number of pyridine rings is 1. The molecule has 0 atom stereocenters. The van der Waals surface area contributed by atoms with Crippen molar-refractivity contribution in [3.8, 4) is 0 Å². The fourth-order valence-corrected chi connectivity index (χ4v) is 2.01. The summed E-state index contributed by atoms with van der Waals surface area (Å²) in [5.41, 5.74) is 1.15. The highest BCUT2D eigenvalue weighted by atomic mass is 127. The summed E-state index contributed by atoms with van der Waals surface area (Å²) in [6.07, 6.45) is 3.62. The van der Waals surface area contributed by atoms with E-state index in [1.807, 2.05) is 12.1 Å². The largest absolute Gasteiger partial charge is 0.381 e. The topological polar surface area (TPSA) is 58.5 Å². The van der Waals surface area contributed by atoms with E-state index < -0.39 is 0 Å². The highest BCUT2D eigenvalue weighted by Crippen LogP contribution is 2.05. The van der Waals surface area contributed by atoms with Crippen LogP contribution in [0.3, 0.4) is 0 Å². The van der Waals surface area contributed by atoms with Gasteiger partial charge in [-0.15, -0.1) is 24.0 Å². The van der Waals surface area contributed by atoms with Crippen LogP contribution >= 0.6 is 35.6 Å². The van der Waals surface area contributed by atoms with Crippen molar-refractivity contribution in [2.24, 2.45) is 10.9 Å². The van der Waals surface area contributed by atoms with Gasteiger partial charge in [0.25, 0.3) is 0 Å². The van der Waals surface area contributed by atoms with Crippen molar-refractivity contribution in [2.45, 2.75) is 33.6 Å². The first-order valence-electron chi connectivity index (χ1n) is 8.32. The van der Waals surface area contributed by atoms with Gasteiger partial charge in [-0.05, 0) is 37.3 Å². The number of hydrogen-bond donors (Lipinski definition) is 2. The van der Waals surface area contributed by atoms with E-state index in [1.165, 1.54) is 0 Å². The number of halogens is 2. The van der Waals surface area contributed by atoms with Gasteiger partial charge in [0.05, 0.1) is 0 Å². The van der Waals surface area contributed by atoms with Gasteiger partial charge in [0, 0.05) is 39.0 Å². The molecule has 0 aliphatic carbocycles. The Morgan fingerprint density at radius 1 is 1.33 bits per heavy atom. The molecule has 1 aromatic heterocycles. The zero-order chi connectivity index (χ0) is 16.9. The SMILES string of the molecule is CCNC(=NCCCOCC(C)C)NCCc1ccc(Cl)nc1.I. The average molecular weight is 469 g/mol.